The maximum absolute atomic E-state index is 13.5. The second-order valence-corrected chi connectivity index (χ2v) is 7.92. The van der Waals surface area contributed by atoms with Crippen molar-refractivity contribution < 1.29 is 14.3 Å². The fourth-order valence-electron chi connectivity index (χ4n) is 4.77. The van der Waals surface area contributed by atoms with E-state index in [1.165, 1.54) is 18.7 Å². The van der Waals surface area contributed by atoms with Crippen LogP contribution in [0.5, 0.6) is 11.5 Å². The number of carbonyl (C=O) groups excluding carboxylic acids is 1. The van der Waals surface area contributed by atoms with Crippen molar-refractivity contribution in [3.8, 4) is 11.5 Å². The van der Waals surface area contributed by atoms with E-state index >= 15 is 0 Å². The lowest BCUT2D eigenvalue weighted by Gasteiger charge is -2.30. The Balaban J connectivity index is 1.87. The molecule has 1 aliphatic heterocycles. The van der Waals surface area contributed by atoms with Crippen molar-refractivity contribution in [1.82, 2.24) is 9.13 Å². The van der Waals surface area contributed by atoms with E-state index in [1.807, 2.05) is 24.3 Å². The Bertz CT molecular complexity index is 1450. The molecule has 0 fully saturated rings. The van der Waals surface area contributed by atoms with Crippen LogP contribution in [0.4, 0.5) is 5.82 Å². The van der Waals surface area contributed by atoms with Gasteiger partial charge in [-0.2, -0.15) is 0 Å². The highest BCUT2D eigenvalue weighted by Crippen LogP contribution is 2.47. The topological polar surface area (TPSA) is 91.9 Å². The summed E-state index contributed by atoms with van der Waals surface area (Å²) in [4.78, 5) is 44.2. The van der Waals surface area contributed by atoms with Gasteiger partial charge < -0.3 is 9.47 Å². The first kappa shape index (κ1) is 20.0. The number of fused-ring (bicyclic) bond motifs is 4. The van der Waals surface area contributed by atoms with Gasteiger partial charge >= 0.3 is 5.69 Å². The van der Waals surface area contributed by atoms with Crippen molar-refractivity contribution in [2.75, 3.05) is 14.2 Å². The fraction of sp³-hybridized carbons (Fsp3) is 0.250. The Labute approximate surface area is 183 Å². The van der Waals surface area contributed by atoms with Crippen molar-refractivity contribution in [2.24, 2.45) is 25.0 Å². The van der Waals surface area contributed by atoms with E-state index in [0.717, 1.165) is 10.1 Å². The number of aromatic nitrogens is 2. The van der Waals surface area contributed by atoms with Crippen molar-refractivity contribution in [3.63, 3.8) is 0 Å². The fourth-order valence-corrected chi connectivity index (χ4v) is 4.77. The first-order valence-electron chi connectivity index (χ1n) is 10.1. The van der Waals surface area contributed by atoms with Crippen LogP contribution in [0.3, 0.4) is 0 Å². The minimum absolute atomic E-state index is 0.0966. The number of Topliss-reactive ketones (excluding diaryl/α,β-unsaturated/α-hetero) is 1. The Morgan fingerprint density at radius 2 is 1.53 bits per heavy atom. The Morgan fingerprint density at radius 3 is 2.22 bits per heavy atom. The molecule has 8 heteroatoms. The third-order valence-electron chi connectivity index (χ3n) is 6.35. The number of carbonyl (C=O) groups is 1. The summed E-state index contributed by atoms with van der Waals surface area (Å²) in [6, 6.07) is 12.6. The smallest absolute Gasteiger partial charge is 0.332 e. The average Bonchev–Trinajstić information content (AvgIpc) is 3.11. The highest BCUT2D eigenvalue weighted by atomic mass is 16.5. The van der Waals surface area contributed by atoms with Gasteiger partial charge in [0, 0.05) is 31.1 Å². The predicted octanol–water partition coefficient (Wildman–Crippen LogP) is 2.18. The molecule has 0 amide bonds. The Hall–Kier alpha value is -3.94. The van der Waals surface area contributed by atoms with Gasteiger partial charge in [-0.25, -0.2) is 9.79 Å². The average molecular weight is 431 g/mol. The van der Waals surface area contributed by atoms with E-state index in [9.17, 15) is 14.4 Å². The number of methoxy groups -OCH3 is 2. The predicted molar refractivity (Wildman–Crippen MR) is 119 cm³/mol. The Kier molecular flexibility index (Phi) is 4.40. The Morgan fingerprint density at radius 1 is 0.844 bits per heavy atom. The molecule has 162 valence electrons. The van der Waals surface area contributed by atoms with Crippen LogP contribution in [0.25, 0.3) is 0 Å². The maximum atomic E-state index is 13.5. The van der Waals surface area contributed by atoms with E-state index < -0.39 is 23.1 Å². The summed E-state index contributed by atoms with van der Waals surface area (Å²) >= 11 is 0. The van der Waals surface area contributed by atoms with Gasteiger partial charge in [0.05, 0.1) is 31.4 Å². The summed E-state index contributed by atoms with van der Waals surface area (Å²) in [5.41, 5.74) is 1.95. The van der Waals surface area contributed by atoms with Gasteiger partial charge in [-0.15, -0.1) is 0 Å². The van der Waals surface area contributed by atoms with Crippen LogP contribution in [-0.2, 0) is 14.1 Å². The highest BCUT2D eigenvalue weighted by Gasteiger charge is 2.47. The molecule has 2 aliphatic rings. The lowest BCUT2D eigenvalue weighted by molar-refractivity contribution is 0.0953. The summed E-state index contributed by atoms with van der Waals surface area (Å²) in [5.74, 6) is -0.115. The number of aliphatic imine (C=N–C) groups is 1. The minimum atomic E-state index is -0.678. The van der Waals surface area contributed by atoms with E-state index in [0.29, 0.717) is 33.9 Å². The molecule has 0 saturated heterocycles. The van der Waals surface area contributed by atoms with Gasteiger partial charge in [0.1, 0.15) is 5.82 Å². The number of hydrogen-bond donors (Lipinski definition) is 0. The van der Waals surface area contributed by atoms with Crippen LogP contribution in [-0.4, -0.2) is 34.8 Å². The van der Waals surface area contributed by atoms with E-state index in [-0.39, 0.29) is 11.6 Å². The second-order valence-electron chi connectivity index (χ2n) is 7.92. The molecular formula is C24H21N3O5. The first-order chi connectivity index (χ1) is 15.4. The van der Waals surface area contributed by atoms with Crippen LogP contribution < -0.4 is 20.7 Å². The van der Waals surface area contributed by atoms with Crippen molar-refractivity contribution in [3.05, 3.63) is 85.6 Å². The zero-order valence-electron chi connectivity index (χ0n) is 18.1. The molecule has 2 aromatic carbocycles. The number of nitrogens with zero attached hydrogens (tertiary/aromatic N) is 3. The molecule has 0 radical (unpaired) electrons. The monoisotopic (exact) mass is 431 g/mol. The molecule has 3 aromatic rings. The number of rotatable bonds is 3. The first-order valence-corrected chi connectivity index (χ1v) is 10.1. The molecule has 0 unspecified atom stereocenters. The molecule has 8 nitrogen and oxygen atoms in total. The molecular weight excluding hydrogens is 410 g/mol. The van der Waals surface area contributed by atoms with Crippen LogP contribution in [0.2, 0.25) is 0 Å². The molecule has 2 heterocycles. The summed E-state index contributed by atoms with van der Waals surface area (Å²) in [6.07, 6.45) is 0. The van der Waals surface area contributed by atoms with Crippen molar-refractivity contribution in [2.45, 2.75) is 5.92 Å². The third-order valence-corrected chi connectivity index (χ3v) is 6.35. The summed E-state index contributed by atoms with van der Waals surface area (Å²) in [7, 11) is 6.09. The minimum Gasteiger partial charge on any atom is -0.493 e. The largest absolute Gasteiger partial charge is 0.493 e. The molecule has 0 N–H and O–H groups in total. The third kappa shape index (κ3) is 2.55. The normalized spacial score (nSPS) is 18.5. The number of ether oxygens (including phenoxy) is 2. The summed E-state index contributed by atoms with van der Waals surface area (Å²) in [6.45, 7) is 0. The van der Waals surface area contributed by atoms with E-state index in [2.05, 4.69) is 0 Å². The van der Waals surface area contributed by atoms with Gasteiger partial charge in [0.15, 0.2) is 17.3 Å². The maximum Gasteiger partial charge on any atom is 0.332 e. The molecule has 0 spiro atoms. The van der Waals surface area contributed by atoms with Gasteiger partial charge in [-0.3, -0.25) is 18.7 Å². The van der Waals surface area contributed by atoms with Gasteiger partial charge in [0.25, 0.3) is 5.56 Å². The summed E-state index contributed by atoms with van der Waals surface area (Å²) in [5, 5.41) is 0. The summed E-state index contributed by atoms with van der Waals surface area (Å²) < 4.78 is 13.2. The molecule has 2 atom stereocenters. The lowest BCUT2D eigenvalue weighted by Crippen LogP contribution is -2.43. The van der Waals surface area contributed by atoms with Crippen molar-refractivity contribution in [1.29, 1.82) is 0 Å². The van der Waals surface area contributed by atoms with Crippen LogP contribution in [0.1, 0.15) is 33.0 Å². The lowest BCUT2D eigenvalue weighted by atomic mass is 9.76. The number of hydrogen-bond acceptors (Lipinski definition) is 6. The van der Waals surface area contributed by atoms with Crippen molar-refractivity contribution >= 4 is 17.3 Å². The van der Waals surface area contributed by atoms with Crippen LogP contribution in [0.15, 0.2) is 57.0 Å². The molecule has 0 bridgehead atoms. The zero-order valence-corrected chi connectivity index (χ0v) is 18.1. The standard InChI is InChI=1S/C24H21N3O5/c1-26-22-19(23(29)27(2)24(26)30)17(12-9-10-15(31-3)16(11-12)32-4)18-20(25-22)13-7-5-6-8-14(13)21(18)28/h5-11,17-18H,1-4H3/t17-,18+/m1/s1. The van der Waals surface area contributed by atoms with E-state index in [4.69, 9.17) is 14.5 Å². The second kappa shape index (κ2) is 7.05. The molecule has 1 aromatic heterocycles. The van der Waals surface area contributed by atoms with Gasteiger partial charge in [-0.1, -0.05) is 30.3 Å². The molecule has 5 rings (SSSR count). The molecule has 32 heavy (non-hydrogen) atoms. The highest BCUT2D eigenvalue weighted by molar-refractivity contribution is 6.30. The van der Waals surface area contributed by atoms with Crippen LogP contribution >= 0.6 is 0 Å². The van der Waals surface area contributed by atoms with E-state index in [1.54, 1.807) is 32.4 Å². The SMILES string of the molecule is COc1ccc([C@H]2c3c(n(C)c(=O)n(C)c3=O)N=C3c4ccccc4C(=O)[C@H]32)cc1OC. The molecule has 1 aliphatic carbocycles. The molecule has 0 saturated carbocycles. The number of ketones is 1. The zero-order chi connectivity index (χ0) is 22.7. The van der Waals surface area contributed by atoms with Gasteiger partial charge in [0.2, 0.25) is 0 Å². The van der Waals surface area contributed by atoms with Gasteiger partial charge in [-0.05, 0) is 17.7 Å². The number of benzene rings is 2. The van der Waals surface area contributed by atoms with Crippen LogP contribution in [0, 0.1) is 5.92 Å². The quantitative estimate of drug-likeness (QED) is 0.634.